The largest absolute Gasteiger partial charge is 0.370 e. The molecular weight excluding hydrogens is 218 g/mol. The molecule has 1 saturated heterocycles. The second-order valence-corrected chi connectivity index (χ2v) is 5.59. The third-order valence-corrected chi connectivity index (χ3v) is 3.07. The first-order chi connectivity index (χ1) is 7.80. The van der Waals surface area contributed by atoms with Gasteiger partial charge in [0.2, 0.25) is 11.8 Å². The van der Waals surface area contributed by atoms with Gasteiger partial charge in [0, 0.05) is 23.9 Å². The van der Waals surface area contributed by atoms with Gasteiger partial charge in [-0.15, -0.1) is 0 Å². The van der Waals surface area contributed by atoms with Crippen molar-refractivity contribution >= 4 is 11.8 Å². The molecule has 0 spiro atoms. The molecule has 0 bridgehead atoms. The lowest BCUT2D eigenvalue weighted by atomic mass is 9.90. The Labute approximate surface area is 103 Å². The minimum Gasteiger partial charge on any atom is -0.370 e. The van der Waals surface area contributed by atoms with Crippen LogP contribution in [0.15, 0.2) is 0 Å². The van der Waals surface area contributed by atoms with E-state index in [1.165, 1.54) is 0 Å². The summed E-state index contributed by atoms with van der Waals surface area (Å²) in [6.07, 6.45) is 1.86. The Hall–Kier alpha value is -1.10. The lowest BCUT2D eigenvalue weighted by Crippen LogP contribution is -2.50. The maximum Gasteiger partial charge on any atom is 0.223 e. The fourth-order valence-electron chi connectivity index (χ4n) is 2.29. The number of nitrogens with one attached hydrogen (secondary N) is 2. The Balaban J connectivity index is 2.50. The third-order valence-electron chi connectivity index (χ3n) is 3.07. The van der Waals surface area contributed by atoms with Crippen LogP contribution in [0.2, 0.25) is 0 Å². The van der Waals surface area contributed by atoms with Crippen molar-refractivity contribution in [1.82, 2.24) is 10.6 Å². The van der Waals surface area contributed by atoms with Gasteiger partial charge in [0.25, 0.3) is 0 Å². The second-order valence-electron chi connectivity index (χ2n) is 5.59. The number of primary amides is 1. The standard InChI is InChI=1S/C12H23N3O2/c1-8-6-9(4-5-14-8)11(17)15-12(2,3)7-10(13)16/h8-9,14H,4-7H2,1-3H3,(H2,13,16)(H,15,17). The van der Waals surface area contributed by atoms with Crippen molar-refractivity contribution in [2.75, 3.05) is 6.54 Å². The highest BCUT2D eigenvalue weighted by Gasteiger charge is 2.29. The zero-order valence-electron chi connectivity index (χ0n) is 10.9. The highest BCUT2D eigenvalue weighted by molar-refractivity contribution is 5.81. The van der Waals surface area contributed by atoms with Crippen LogP contribution in [0.1, 0.15) is 40.0 Å². The van der Waals surface area contributed by atoms with Crippen LogP contribution >= 0.6 is 0 Å². The quantitative estimate of drug-likeness (QED) is 0.655. The monoisotopic (exact) mass is 241 g/mol. The Morgan fingerprint density at radius 2 is 2.12 bits per heavy atom. The highest BCUT2D eigenvalue weighted by Crippen LogP contribution is 2.18. The smallest absolute Gasteiger partial charge is 0.223 e. The van der Waals surface area contributed by atoms with Gasteiger partial charge in [-0.2, -0.15) is 0 Å². The molecule has 5 heteroatoms. The first kappa shape index (κ1) is 14.0. The van der Waals surface area contributed by atoms with E-state index in [1.54, 1.807) is 0 Å². The van der Waals surface area contributed by atoms with Crippen LogP contribution < -0.4 is 16.4 Å². The molecule has 0 radical (unpaired) electrons. The third kappa shape index (κ3) is 4.73. The summed E-state index contributed by atoms with van der Waals surface area (Å²) in [5.74, 6) is -0.322. The number of amides is 2. The lowest BCUT2D eigenvalue weighted by Gasteiger charge is -2.31. The molecule has 98 valence electrons. The fourth-order valence-corrected chi connectivity index (χ4v) is 2.29. The van der Waals surface area contributed by atoms with E-state index in [9.17, 15) is 9.59 Å². The molecule has 0 aromatic heterocycles. The fraction of sp³-hybridized carbons (Fsp3) is 0.833. The summed E-state index contributed by atoms with van der Waals surface area (Å²) in [6.45, 7) is 6.59. The van der Waals surface area contributed by atoms with Crippen molar-refractivity contribution in [3.05, 3.63) is 0 Å². The minimum absolute atomic E-state index is 0.0320. The molecule has 1 aliphatic heterocycles. The zero-order valence-corrected chi connectivity index (χ0v) is 10.9. The van der Waals surface area contributed by atoms with Crippen molar-refractivity contribution in [2.45, 2.75) is 51.6 Å². The molecule has 5 nitrogen and oxygen atoms in total. The zero-order chi connectivity index (χ0) is 13.1. The van der Waals surface area contributed by atoms with Crippen LogP contribution in [0, 0.1) is 5.92 Å². The molecule has 17 heavy (non-hydrogen) atoms. The maximum absolute atomic E-state index is 12.0. The van der Waals surface area contributed by atoms with Crippen LogP contribution in [-0.2, 0) is 9.59 Å². The van der Waals surface area contributed by atoms with Crippen LogP contribution in [0.5, 0.6) is 0 Å². The maximum atomic E-state index is 12.0. The number of piperidine rings is 1. The number of hydrogen-bond donors (Lipinski definition) is 3. The predicted molar refractivity (Wildman–Crippen MR) is 66.2 cm³/mol. The topological polar surface area (TPSA) is 84.2 Å². The Morgan fingerprint density at radius 1 is 1.47 bits per heavy atom. The molecule has 2 atom stereocenters. The molecule has 0 aliphatic carbocycles. The minimum atomic E-state index is -0.559. The molecule has 1 heterocycles. The van der Waals surface area contributed by atoms with Gasteiger partial charge in [0.05, 0.1) is 0 Å². The number of hydrogen-bond acceptors (Lipinski definition) is 3. The molecule has 2 amide bonds. The van der Waals surface area contributed by atoms with Crippen molar-refractivity contribution in [3.63, 3.8) is 0 Å². The van der Waals surface area contributed by atoms with Crippen LogP contribution in [-0.4, -0.2) is 29.9 Å². The molecule has 0 aromatic rings. The van der Waals surface area contributed by atoms with Crippen molar-refractivity contribution in [2.24, 2.45) is 11.7 Å². The van der Waals surface area contributed by atoms with E-state index >= 15 is 0 Å². The summed E-state index contributed by atoms with van der Waals surface area (Å²) in [5.41, 5.74) is 4.60. The summed E-state index contributed by atoms with van der Waals surface area (Å²) >= 11 is 0. The van der Waals surface area contributed by atoms with Gasteiger partial charge >= 0.3 is 0 Å². The van der Waals surface area contributed by atoms with Gasteiger partial charge in [-0.3, -0.25) is 9.59 Å². The van der Waals surface area contributed by atoms with E-state index in [0.717, 1.165) is 19.4 Å². The van der Waals surface area contributed by atoms with E-state index in [-0.39, 0.29) is 18.2 Å². The number of nitrogens with two attached hydrogens (primary N) is 1. The summed E-state index contributed by atoms with van der Waals surface area (Å²) in [5, 5.41) is 6.22. The van der Waals surface area contributed by atoms with Gasteiger partial charge in [-0.1, -0.05) is 0 Å². The SMILES string of the molecule is CC1CC(C(=O)NC(C)(C)CC(N)=O)CCN1. The molecule has 1 rings (SSSR count). The van der Waals surface area contributed by atoms with E-state index in [2.05, 4.69) is 17.6 Å². The summed E-state index contributed by atoms with van der Waals surface area (Å²) in [6, 6.07) is 0.374. The van der Waals surface area contributed by atoms with Gasteiger partial charge in [0.15, 0.2) is 0 Å². The predicted octanol–water partition coefficient (Wildman–Crippen LogP) is 0.145. The number of rotatable bonds is 4. The molecule has 1 fully saturated rings. The van der Waals surface area contributed by atoms with Crippen molar-refractivity contribution in [3.8, 4) is 0 Å². The van der Waals surface area contributed by atoms with Gasteiger partial charge in [-0.05, 0) is 40.2 Å². The van der Waals surface area contributed by atoms with E-state index in [1.807, 2.05) is 13.8 Å². The summed E-state index contributed by atoms with van der Waals surface area (Å²) < 4.78 is 0. The van der Waals surface area contributed by atoms with Crippen LogP contribution in [0.25, 0.3) is 0 Å². The van der Waals surface area contributed by atoms with Gasteiger partial charge in [0.1, 0.15) is 0 Å². The van der Waals surface area contributed by atoms with Crippen molar-refractivity contribution in [1.29, 1.82) is 0 Å². The Morgan fingerprint density at radius 3 is 2.65 bits per heavy atom. The van der Waals surface area contributed by atoms with Crippen LogP contribution in [0.4, 0.5) is 0 Å². The summed E-state index contributed by atoms with van der Waals surface area (Å²) in [4.78, 5) is 22.9. The van der Waals surface area contributed by atoms with Gasteiger partial charge < -0.3 is 16.4 Å². The second kappa shape index (κ2) is 5.49. The van der Waals surface area contributed by atoms with E-state index in [0.29, 0.717) is 6.04 Å². The van der Waals surface area contributed by atoms with Gasteiger partial charge in [-0.25, -0.2) is 0 Å². The normalized spacial score (nSPS) is 25.4. The molecule has 0 saturated carbocycles. The first-order valence-corrected chi connectivity index (χ1v) is 6.14. The molecular formula is C12H23N3O2. The van der Waals surface area contributed by atoms with E-state index < -0.39 is 11.4 Å². The Kier molecular flexibility index (Phi) is 4.51. The molecule has 4 N–H and O–H groups in total. The average Bonchev–Trinajstić information content (AvgIpc) is 2.14. The highest BCUT2D eigenvalue weighted by atomic mass is 16.2. The Bertz CT molecular complexity index is 302. The summed E-state index contributed by atoms with van der Waals surface area (Å²) in [7, 11) is 0. The molecule has 0 aromatic carbocycles. The molecule has 2 unspecified atom stereocenters. The number of carbonyl (C=O) groups excluding carboxylic acids is 2. The van der Waals surface area contributed by atoms with Crippen LogP contribution in [0.3, 0.4) is 0 Å². The first-order valence-electron chi connectivity index (χ1n) is 6.14. The average molecular weight is 241 g/mol. The molecule has 1 aliphatic rings. The van der Waals surface area contributed by atoms with Crippen molar-refractivity contribution < 1.29 is 9.59 Å². The number of carbonyl (C=O) groups is 2. The van der Waals surface area contributed by atoms with E-state index in [4.69, 9.17) is 5.73 Å². The lowest BCUT2D eigenvalue weighted by molar-refractivity contribution is -0.128.